The van der Waals surface area contributed by atoms with Crippen molar-refractivity contribution in [1.82, 2.24) is 10.2 Å². The van der Waals surface area contributed by atoms with Gasteiger partial charge in [-0.15, -0.1) is 0 Å². The number of aliphatic carboxylic acids is 1. The van der Waals surface area contributed by atoms with E-state index in [0.29, 0.717) is 19.4 Å². The molecule has 0 aliphatic carbocycles. The van der Waals surface area contributed by atoms with Crippen molar-refractivity contribution < 1.29 is 19.4 Å². The summed E-state index contributed by atoms with van der Waals surface area (Å²) in [7, 11) is 0. The Balaban J connectivity index is 2.41. The molecule has 1 heterocycles. The summed E-state index contributed by atoms with van der Waals surface area (Å²) in [5, 5.41) is 11.8. The fourth-order valence-electron chi connectivity index (χ4n) is 2.41. The molecule has 1 rings (SSSR count). The predicted octanol–water partition coefficient (Wildman–Crippen LogP) is 2.23. The molecule has 6 nitrogen and oxygen atoms in total. The van der Waals surface area contributed by atoms with Gasteiger partial charge in [-0.2, -0.15) is 0 Å². The molecule has 2 N–H and O–H groups in total. The summed E-state index contributed by atoms with van der Waals surface area (Å²) in [4.78, 5) is 24.9. The second-order valence-electron chi connectivity index (χ2n) is 5.65. The standard InChI is InChI=1S/C15H28N2O4/c1-4-6-9-17(11(3)5-2)15(20)16-10-12-7-8-13(21-12)14(18)19/h11-13H,4-10H2,1-3H3,(H,16,20)(H,18,19). The van der Waals surface area contributed by atoms with Crippen molar-refractivity contribution in [2.24, 2.45) is 0 Å². The number of carboxylic acid groups (broad SMARTS) is 1. The van der Waals surface area contributed by atoms with Gasteiger partial charge in [0, 0.05) is 19.1 Å². The Morgan fingerprint density at radius 3 is 2.62 bits per heavy atom. The van der Waals surface area contributed by atoms with Crippen LogP contribution in [-0.2, 0) is 9.53 Å². The Hall–Kier alpha value is -1.30. The van der Waals surface area contributed by atoms with Crippen LogP contribution in [0.3, 0.4) is 0 Å². The number of carboxylic acids is 1. The molecule has 2 amide bonds. The van der Waals surface area contributed by atoms with Gasteiger partial charge in [0.05, 0.1) is 6.10 Å². The molecule has 122 valence electrons. The van der Waals surface area contributed by atoms with E-state index in [0.717, 1.165) is 25.8 Å². The summed E-state index contributed by atoms with van der Waals surface area (Å²) in [5.41, 5.74) is 0. The summed E-state index contributed by atoms with van der Waals surface area (Å²) >= 11 is 0. The molecule has 3 atom stereocenters. The van der Waals surface area contributed by atoms with E-state index in [1.807, 2.05) is 11.8 Å². The fourth-order valence-corrected chi connectivity index (χ4v) is 2.41. The summed E-state index contributed by atoms with van der Waals surface area (Å²) in [5.74, 6) is -0.923. The van der Waals surface area contributed by atoms with Crippen molar-refractivity contribution in [3.8, 4) is 0 Å². The molecule has 0 aromatic rings. The van der Waals surface area contributed by atoms with Crippen molar-refractivity contribution >= 4 is 12.0 Å². The normalized spacial score (nSPS) is 22.8. The van der Waals surface area contributed by atoms with E-state index < -0.39 is 12.1 Å². The van der Waals surface area contributed by atoms with Gasteiger partial charge in [-0.25, -0.2) is 9.59 Å². The second kappa shape index (κ2) is 8.87. The number of nitrogens with one attached hydrogen (secondary N) is 1. The SMILES string of the molecule is CCCCN(C(=O)NCC1CCC(C(=O)O)O1)C(C)CC. The number of amides is 2. The topological polar surface area (TPSA) is 78.9 Å². The predicted molar refractivity (Wildman–Crippen MR) is 80.3 cm³/mol. The van der Waals surface area contributed by atoms with Crippen LogP contribution in [0.25, 0.3) is 0 Å². The fraction of sp³-hybridized carbons (Fsp3) is 0.867. The molecular weight excluding hydrogens is 272 g/mol. The maximum Gasteiger partial charge on any atom is 0.332 e. The number of carbonyl (C=O) groups is 2. The second-order valence-corrected chi connectivity index (χ2v) is 5.65. The number of nitrogens with zero attached hydrogens (tertiary/aromatic N) is 1. The van der Waals surface area contributed by atoms with E-state index in [4.69, 9.17) is 9.84 Å². The Morgan fingerprint density at radius 1 is 1.38 bits per heavy atom. The van der Waals surface area contributed by atoms with Gasteiger partial charge in [0.2, 0.25) is 0 Å². The number of unbranched alkanes of at least 4 members (excludes halogenated alkanes) is 1. The van der Waals surface area contributed by atoms with Gasteiger partial charge in [0.25, 0.3) is 0 Å². The molecule has 0 spiro atoms. The number of carbonyl (C=O) groups excluding carboxylic acids is 1. The van der Waals surface area contributed by atoms with Crippen molar-refractivity contribution in [1.29, 1.82) is 0 Å². The third kappa shape index (κ3) is 5.53. The van der Waals surface area contributed by atoms with Gasteiger partial charge < -0.3 is 20.1 Å². The van der Waals surface area contributed by atoms with Gasteiger partial charge in [-0.3, -0.25) is 0 Å². The molecule has 3 unspecified atom stereocenters. The van der Waals surface area contributed by atoms with E-state index in [1.54, 1.807) is 0 Å². The minimum Gasteiger partial charge on any atom is -0.479 e. The highest BCUT2D eigenvalue weighted by Crippen LogP contribution is 2.19. The van der Waals surface area contributed by atoms with Crippen LogP contribution >= 0.6 is 0 Å². The summed E-state index contributed by atoms with van der Waals surface area (Å²) in [6.07, 6.45) is 3.22. The van der Waals surface area contributed by atoms with E-state index >= 15 is 0 Å². The van der Waals surface area contributed by atoms with Gasteiger partial charge in [-0.1, -0.05) is 20.3 Å². The van der Waals surface area contributed by atoms with E-state index in [9.17, 15) is 9.59 Å². The first kappa shape index (κ1) is 17.8. The molecule has 1 saturated heterocycles. The average molecular weight is 300 g/mol. The van der Waals surface area contributed by atoms with Gasteiger partial charge in [0.1, 0.15) is 0 Å². The van der Waals surface area contributed by atoms with Crippen LogP contribution in [0.4, 0.5) is 4.79 Å². The number of hydrogen-bond donors (Lipinski definition) is 2. The molecule has 0 aromatic heterocycles. The zero-order valence-corrected chi connectivity index (χ0v) is 13.3. The summed E-state index contributed by atoms with van der Waals surface area (Å²) in [6, 6.07) is 0.119. The Morgan fingerprint density at radius 2 is 2.10 bits per heavy atom. The molecule has 0 saturated carbocycles. The first-order valence-corrected chi connectivity index (χ1v) is 7.92. The zero-order valence-electron chi connectivity index (χ0n) is 13.3. The van der Waals surface area contributed by atoms with Crippen LogP contribution < -0.4 is 5.32 Å². The first-order chi connectivity index (χ1) is 9.99. The molecule has 21 heavy (non-hydrogen) atoms. The first-order valence-electron chi connectivity index (χ1n) is 7.92. The lowest BCUT2D eigenvalue weighted by molar-refractivity contribution is -0.149. The Kier molecular flexibility index (Phi) is 7.50. The third-order valence-electron chi connectivity index (χ3n) is 4.00. The van der Waals surface area contributed by atoms with Crippen LogP contribution in [-0.4, -0.2) is 53.3 Å². The quantitative estimate of drug-likeness (QED) is 0.720. The zero-order chi connectivity index (χ0) is 15.8. The van der Waals surface area contributed by atoms with E-state index in [2.05, 4.69) is 19.2 Å². The maximum atomic E-state index is 12.3. The monoisotopic (exact) mass is 300 g/mol. The lowest BCUT2D eigenvalue weighted by atomic mass is 10.2. The maximum absolute atomic E-state index is 12.3. The highest BCUT2D eigenvalue weighted by atomic mass is 16.5. The van der Waals surface area contributed by atoms with Crippen LogP contribution in [0, 0.1) is 0 Å². The third-order valence-corrected chi connectivity index (χ3v) is 4.00. The van der Waals surface area contributed by atoms with Crippen molar-refractivity contribution in [3.63, 3.8) is 0 Å². The van der Waals surface area contributed by atoms with Crippen LogP contribution in [0.5, 0.6) is 0 Å². The molecular formula is C15H28N2O4. The van der Waals surface area contributed by atoms with Crippen LogP contribution in [0.1, 0.15) is 52.9 Å². The van der Waals surface area contributed by atoms with E-state index in [-0.39, 0.29) is 18.2 Å². The molecule has 1 aliphatic heterocycles. The highest BCUT2D eigenvalue weighted by molar-refractivity contribution is 5.74. The summed E-state index contributed by atoms with van der Waals surface area (Å²) < 4.78 is 5.39. The molecule has 6 heteroatoms. The van der Waals surface area contributed by atoms with Crippen molar-refractivity contribution in [2.45, 2.75) is 71.1 Å². The molecule has 1 fully saturated rings. The summed E-state index contributed by atoms with van der Waals surface area (Å²) in [6.45, 7) is 7.34. The van der Waals surface area contributed by atoms with Crippen LogP contribution in [0.15, 0.2) is 0 Å². The lowest BCUT2D eigenvalue weighted by Gasteiger charge is -2.29. The van der Waals surface area contributed by atoms with E-state index in [1.165, 1.54) is 0 Å². The number of hydrogen-bond acceptors (Lipinski definition) is 3. The number of ether oxygens (including phenoxy) is 1. The van der Waals surface area contributed by atoms with Gasteiger partial charge >= 0.3 is 12.0 Å². The van der Waals surface area contributed by atoms with Gasteiger partial charge in [-0.05, 0) is 32.6 Å². The number of urea groups is 1. The largest absolute Gasteiger partial charge is 0.479 e. The molecule has 0 radical (unpaired) electrons. The molecule has 0 aromatic carbocycles. The molecule has 1 aliphatic rings. The minimum absolute atomic E-state index is 0.0832. The number of rotatable bonds is 8. The smallest absolute Gasteiger partial charge is 0.332 e. The Bertz CT molecular complexity index is 349. The average Bonchev–Trinajstić information content (AvgIpc) is 2.94. The van der Waals surface area contributed by atoms with Crippen molar-refractivity contribution in [2.75, 3.05) is 13.1 Å². The van der Waals surface area contributed by atoms with Crippen LogP contribution in [0.2, 0.25) is 0 Å². The lowest BCUT2D eigenvalue weighted by Crippen LogP contribution is -2.47. The Labute approximate surface area is 126 Å². The van der Waals surface area contributed by atoms with Crippen molar-refractivity contribution in [3.05, 3.63) is 0 Å². The minimum atomic E-state index is -0.923. The molecule has 0 bridgehead atoms. The van der Waals surface area contributed by atoms with Gasteiger partial charge in [0.15, 0.2) is 6.10 Å². The highest BCUT2D eigenvalue weighted by Gasteiger charge is 2.31.